The second-order valence-electron chi connectivity index (χ2n) is 6.89. The van der Waals surface area contributed by atoms with Gasteiger partial charge in [0, 0.05) is 5.69 Å². The van der Waals surface area contributed by atoms with Gasteiger partial charge in [0.1, 0.15) is 5.75 Å². The van der Waals surface area contributed by atoms with E-state index in [0.717, 1.165) is 16.9 Å². The van der Waals surface area contributed by atoms with Crippen molar-refractivity contribution in [2.45, 2.75) is 6.04 Å². The Kier molecular flexibility index (Phi) is 5.63. The van der Waals surface area contributed by atoms with Gasteiger partial charge in [-0.25, -0.2) is 4.79 Å². The molecule has 4 aromatic rings. The maximum absolute atomic E-state index is 12.5. The van der Waals surface area contributed by atoms with Crippen molar-refractivity contribution in [3.8, 4) is 5.75 Å². The van der Waals surface area contributed by atoms with E-state index in [9.17, 15) is 9.59 Å². The Morgan fingerprint density at radius 2 is 1.63 bits per heavy atom. The van der Waals surface area contributed by atoms with Crippen LogP contribution >= 0.6 is 0 Å². The van der Waals surface area contributed by atoms with E-state index in [-0.39, 0.29) is 24.2 Å². The van der Waals surface area contributed by atoms with Gasteiger partial charge in [-0.2, -0.15) is 0 Å². The predicted octanol–water partition coefficient (Wildman–Crippen LogP) is 3.18. The molecule has 1 atom stereocenters. The number of rotatable bonds is 7. The van der Waals surface area contributed by atoms with Crippen LogP contribution in [0.15, 0.2) is 77.6 Å². The molecule has 0 saturated carbocycles. The monoisotopic (exact) mass is 402 g/mol. The molecule has 7 heteroatoms. The van der Waals surface area contributed by atoms with Gasteiger partial charge in [-0.05, 0) is 41.5 Å². The van der Waals surface area contributed by atoms with Crippen molar-refractivity contribution in [2.75, 3.05) is 19.0 Å². The van der Waals surface area contributed by atoms with Crippen molar-refractivity contribution in [1.82, 2.24) is 15.3 Å². The van der Waals surface area contributed by atoms with Gasteiger partial charge >= 0.3 is 5.69 Å². The predicted molar refractivity (Wildman–Crippen MR) is 117 cm³/mol. The van der Waals surface area contributed by atoms with Gasteiger partial charge in [-0.15, -0.1) is 0 Å². The first-order valence-corrected chi connectivity index (χ1v) is 9.56. The van der Waals surface area contributed by atoms with Crippen LogP contribution in [0.1, 0.15) is 17.2 Å². The van der Waals surface area contributed by atoms with Gasteiger partial charge in [-0.3, -0.25) is 10.1 Å². The van der Waals surface area contributed by atoms with Crippen molar-refractivity contribution >= 4 is 22.6 Å². The van der Waals surface area contributed by atoms with Gasteiger partial charge < -0.3 is 20.0 Å². The Bertz CT molecular complexity index is 1200. The molecule has 0 unspecified atom stereocenters. The first-order chi connectivity index (χ1) is 14.6. The Morgan fingerprint density at radius 3 is 2.37 bits per heavy atom. The minimum absolute atomic E-state index is 0.118. The first kappa shape index (κ1) is 19.5. The van der Waals surface area contributed by atoms with E-state index in [1.807, 2.05) is 54.6 Å². The summed E-state index contributed by atoms with van der Waals surface area (Å²) in [4.78, 5) is 29.3. The molecule has 0 saturated heterocycles. The van der Waals surface area contributed by atoms with Gasteiger partial charge in [0.15, 0.2) is 0 Å². The average Bonchev–Trinajstić information content (AvgIpc) is 3.14. The second kappa shape index (κ2) is 8.67. The Labute approximate surface area is 173 Å². The fourth-order valence-electron chi connectivity index (χ4n) is 3.38. The highest BCUT2D eigenvalue weighted by Gasteiger charge is 2.15. The molecule has 0 bridgehead atoms. The third-order valence-corrected chi connectivity index (χ3v) is 4.85. The minimum Gasteiger partial charge on any atom is -0.497 e. The van der Waals surface area contributed by atoms with E-state index in [1.54, 1.807) is 25.3 Å². The fraction of sp³-hybridized carbons (Fsp3) is 0.130. The van der Waals surface area contributed by atoms with Crippen LogP contribution in [0.5, 0.6) is 5.75 Å². The van der Waals surface area contributed by atoms with Crippen molar-refractivity contribution in [2.24, 2.45) is 0 Å². The first-order valence-electron chi connectivity index (χ1n) is 9.56. The zero-order chi connectivity index (χ0) is 20.9. The standard InChI is InChI=1S/C23H22N4O3/c1-30-18-10-7-16(8-11-18)22(15-5-3-2-4-6-15)24-14-21(28)25-17-9-12-19-20(13-17)27-23(29)26-19/h2-13,22,24H,14H2,1H3,(H,25,28)(H2,26,27,29)/t22-/m0/s1. The van der Waals surface area contributed by atoms with Crippen LogP contribution < -0.4 is 21.1 Å². The molecule has 0 aliphatic rings. The third-order valence-electron chi connectivity index (χ3n) is 4.85. The number of carbonyl (C=O) groups is 1. The number of hydrogen-bond acceptors (Lipinski definition) is 4. The number of methoxy groups -OCH3 is 1. The molecule has 0 aliphatic heterocycles. The Hall–Kier alpha value is -3.84. The van der Waals surface area contributed by atoms with E-state index in [2.05, 4.69) is 20.6 Å². The molecular formula is C23H22N4O3. The molecule has 0 radical (unpaired) electrons. The molecule has 0 fully saturated rings. The lowest BCUT2D eigenvalue weighted by Crippen LogP contribution is -2.31. The Morgan fingerprint density at radius 1 is 0.933 bits per heavy atom. The lowest BCUT2D eigenvalue weighted by molar-refractivity contribution is -0.115. The fourth-order valence-corrected chi connectivity index (χ4v) is 3.38. The molecule has 0 aliphatic carbocycles. The smallest absolute Gasteiger partial charge is 0.323 e. The number of aromatic amines is 2. The minimum atomic E-state index is -0.277. The van der Waals surface area contributed by atoms with Crippen molar-refractivity contribution in [1.29, 1.82) is 0 Å². The summed E-state index contributed by atoms with van der Waals surface area (Å²) in [6.45, 7) is 0.118. The lowest BCUT2D eigenvalue weighted by Gasteiger charge is -2.20. The normalized spacial score (nSPS) is 11.9. The summed E-state index contributed by atoms with van der Waals surface area (Å²) in [5, 5.41) is 6.20. The van der Waals surface area contributed by atoms with E-state index < -0.39 is 0 Å². The molecule has 7 nitrogen and oxygen atoms in total. The number of hydrogen-bond donors (Lipinski definition) is 4. The van der Waals surface area contributed by atoms with Crippen molar-refractivity contribution < 1.29 is 9.53 Å². The molecule has 30 heavy (non-hydrogen) atoms. The number of aromatic nitrogens is 2. The zero-order valence-corrected chi connectivity index (χ0v) is 16.4. The van der Waals surface area contributed by atoms with E-state index in [4.69, 9.17) is 4.74 Å². The number of imidazole rings is 1. The number of carbonyl (C=O) groups excluding carboxylic acids is 1. The highest BCUT2D eigenvalue weighted by atomic mass is 16.5. The summed E-state index contributed by atoms with van der Waals surface area (Å²) < 4.78 is 5.24. The zero-order valence-electron chi connectivity index (χ0n) is 16.4. The Balaban J connectivity index is 1.48. The van der Waals surface area contributed by atoms with Crippen LogP contribution in [-0.4, -0.2) is 29.5 Å². The molecule has 1 amide bonds. The quantitative estimate of drug-likeness (QED) is 0.382. The average molecular weight is 402 g/mol. The lowest BCUT2D eigenvalue weighted by atomic mass is 9.98. The van der Waals surface area contributed by atoms with E-state index in [0.29, 0.717) is 16.7 Å². The SMILES string of the molecule is COc1ccc([C@@H](NCC(=O)Nc2ccc3[nH]c(=O)[nH]c3c2)c2ccccc2)cc1. The summed E-state index contributed by atoms with van der Waals surface area (Å²) in [7, 11) is 1.63. The molecule has 1 aromatic heterocycles. The summed E-state index contributed by atoms with van der Waals surface area (Å²) in [6, 6.07) is 22.8. The maximum Gasteiger partial charge on any atom is 0.323 e. The van der Waals surface area contributed by atoms with Crippen molar-refractivity contribution in [3.05, 3.63) is 94.4 Å². The molecule has 152 valence electrons. The molecule has 0 spiro atoms. The van der Waals surface area contributed by atoms with Crippen molar-refractivity contribution in [3.63, 3.8) is 0 Å². The highest BCUT2D eigenvalue weighted by molar-refractivity contribution is 5.94. The molecule has 1 heterocycles. The molecule has 3 aromatic carbocycles. The van der Waals surface area contributed by atoms with Crippen LogP contribution in [0, 0.1) is 0 Å². The number of H-pyrrole nitrogens is 2. The number of nitrogens with one attached hydrogen (secondary N) is 4. The number of fused-ring (bicyclic) bond motifs is 1. The topological polar surface area (TPSA) is 99.0 Å². The number of anilines is 1. The van der Waals surface area contributed by atoms with Gasteiger partial charge in [0.25, 0.3) is 0 Å². The number of ether oxygens (including phenoxy) is 1. The van der Waals surface area contributed by atoms with E-state index in [1.165, 1.54) is 0 Å². The highest BCUT2D eigenvalue weighted by Crippen LogP contribution is 2.24. The third kappa shape index (κ3) is 4.42. The van der Waals surface area contributed by atoms with Crippen LogP contribution in [0.3, 0.4) is 0 Å². The van der Waals surface area contributed by atoms with E-state index >= 15 is 0 Å². The summed E-state index contributed by atoms with van der Waals surface area (Å²) in [6.07, 6.45) is 0. The van der Waals surface area contributed by atoms with Crippen LogP contribution in [0.25, 0.3) is 11.0 Å². The molecular weight excluding hydrogens is 380 g/mol. The summed E-state index contributed by atoms with van der Waals surface area (Å²) in [5.74, 6) is 0.600. The van der Waals surface area contributed by atoms with Crippen LogP contribution in [-0.2, 0) is 4.79 Å². The number of amides is 1. The van der Waals surface area contributed by atoms with Crippen LogP contribution in [0.2, 0.25) is 0 Å². The van der Waals surface area contributed by atoms with Gasteiger partial charge in [0.2, 0.25) is 5.91 Å². The van der Waals surface area contributed by atoms with Gasteiger partial charge in [0.05, 0.1) is 30.7 Å². The van der Waals surface area contributed by atoms with Gasteiger partial charge in [-0.1, -0.05) is 42.5 Å². The second-order valence-corrected chi connectivity index (χ2v) is 6.89. The molecule has 4 N–H and O–H groups in total. The number of benzene rings is 3. The summed E-state index contributed by atoms with van der Waals surface area (Å²) >= 11 is 0. The van der Waals surface area contributed by atoms with Crippen LogP contribution in [0.4, 0.5) is 5.69 Å². The maximum atomic E-state index is 12.5. The largest absolute Gasteiger partial charge is 0.497 e. The summed E-state index contributed by atoms with van der Waals surface area (Å²) in [5.41, 5.74) is 3.76. The molecule has 4 rings (SSSR count).